The molecule has 9 heteroatoms. The normalized spacial score (nSPS) is 12.3. The quantitative estimate of drug-likeness (QED) is 0.188. The van der Waals surface area contributed by atoms with E-state index < -0.39 is 34.1 Å². The van der Waals surface area contributed by atoms with Gasteiger partial charge in [-0.3, -0.25) is 13.9 Å². The van der Waals surface area contributed by atoms with Crippen molar-refractivity contribution >= 4 is 39.1 Å². The van der Waals surface area contributed by atoms with Crippen molar-refractivity contribution in [2.45, 2.75) is 71.0 Å². The number of nitrogens with zero attached hydrogens (tertiary/aromatic N) is 2. The van der Waals surface area contributed by atoms with E-state index in [4.69, 9.17) is 11.6 Å². The number of benzene rings is 4. The van der Waals surface area contributed by atoms with Crippen molar-refractivity contribution in [3.05, 3.63) is 130 Å². The first-order valence-electron chi connectivity index (χ1n) is 15.2. The zero-order valence-electron chi connectivity index (χ0n) is 27.2. The molecule has 4 aromatic carbocycles. The van der Waals surface area contributed by atoms with Gasteiger partial charge in [-0.25, -0.2) is 8.42 Å². The summed E-state index contributed by atoms with van der Waals surface area (Å²) in [6.45, 7) is 10.8. The minimum Gasteiger partial charge on any atom is -0.350 e. The molecule has 1 atom stereocenters. The van der Waals surface area contributed by atoms with Gasteiger partial charge in [0.2, 0.25) is 11.8 Å². The average molecular weight is 660 g/mol. The first-order valence-corrected chi connectivity index (χ1v) is 17.0. The van der Waals surface area contributed by atoms with Gasteiger partial charge in [-0.05, 0) is 94.1 Å². The Bertz CT molecular complexity index is 1790. The third kappa shape index (κ3) is 8.77. The number of anilines is 1. The summed E-state index contributed by atoms with van der Waals surface area (Å²) in [5.41, 5.74) is 3.93. The lowest BCUT2D eigenvalue weighted by molar-refractivity contribution is -0.140. The number of nitrogens with one attached hydrogen (secondary N) is 1. The molecule has 0 aliphatic carbocycles. The van der Waals surface area contributed by atoms with E-state index in [0.29, 0.717) is 16.3 Å². The summed E-state index contributed by atoms with van der Waals surface area (Å²) in [7, 11) is -4.19. The second-order valence-corrected chi connectivity index (χ2v) is 14.9. The number of sulfonamides is 1. The number of halogens is 1. The lowest BCUT2D eigenvalue weighted by Gasteiger charge is -2.35. The van der Waals surface area contributed by atoms with E-state index in [0.717, 1.165) is 26.6 Å². The number of carbonyl (C=O) groups excluding carboxylic acids is 2. The summed E-state index contributed by atoms with van der Waals surface area (Å²) in [4.78, 5) is 30.2. The first kappa shape index (κ1) is 34.7. The summed E-state index contributed by atoms with van der Waals surface area (Å²) >= 11 is 6.33. The molecule has 4 rings (SSSR count). The highest BCUT2D eigenvalue weighted by atomic mass is 35.5. The van der Waals surface area contributed by atoms with Crippen LogP contribution in [0.15, 0.2) is 102 Å². The molecule has 0 saturated heterocycles. The minimum atomic E-state index is -4.19. The second-order valence-electron chi connectivity index (χ2n) is 12.6. The molecule has 46 heavy (non-hydrogen) atoms. The predicted molar refractivity (Wildman–Crippen MR) is 185 cm³/mol. The Morgan fingerprint density at radius 3 is 2.09 bits per heavy atom. The Morgan fingerprint density at radius 1 is 0.826 bits per heavy atom. The van der Waals surface area contributed by atoms with E-state index in [1.807, 2.05) is 84.0 Å². The van der Waals surface area contributed by atoms with Gasteiger partial charge < -0.3 is 10.2 Å². The zero-order valence-corrected chi connectivity index (χ0v) is 28.8. The van der Waals surface area contributed by atoms with Crippen LogP contribution in [0.2, 0.25) is 5.02 Å². The van der Waals surface area contributed by atoms with Gasteiger partial charge in [0.25, 0.3) is 10.0 Å². The molecule has 242 valence electrons. The second kappa shape index (κ2) is 14.5. The van der Waals surface area contributed by atoms with Gasteiger partial charge in [-0.15, -0.1) is 0 Å². The molecule has 0 aliphatic rings. The summed E-state index contributed by atoms with van der Waals surface area (Å²) in [5.74, 6) is -0.868. The molecule has 0 spiro atoms. The lowest BCUT2D eigenvalue weighted by Crippen LogP contribution is -2.56. The Morgan fingerprint density at radius 2 is 1.46 bits per heavy atom. The molecule has 4 aromatic rings. The molecule has 0 aliphatic heterocycles. The first-order chi connectivity index (χ1) is 21.7. The molecule has 0 aromatic heterocycles. The molecule has 0 heterocycles. The summed E-state index contributed by atoms with van der Waals surface area (Å²) in [6, 6.07) is 27.6. The van der Waals surface area contributed by atoms with Crippen LogP contribution in [0.4, 0.5) is 5.69 Å². The molecule has 1 N–H and O–H groups in total. The van der Waals surface area contributed by atoms with Gasteiger partial charge in [-0.1, -0.05) is 83.9 Å². The SMILES string of the molecule is Cc1ccc(S(=O)(=O)N(CC(=O)N(Cc2cccc(Cl)c2)[C@H](Cc2ccccc2)C(=O)NC(C)(C)C)c2cccc(C)c2C)cc1. The summed E-state index contributed by atoms with van der Waals surface area (Å²) in [6.07, 6.45) is 0.225. The van der Waals surface area contributed by atoms with Gasteiger partial charge in [0, 0.05) is 23.5 Å². The number of carbonyl (C=O) groups is 2. The maximum absolute atomic E-state index is 14.7. The van der Waals surface area contributed by atoms with Crippen LogP contribution in [-0.4, -0.2) is 43.3 Å². The van der Waals surface area contributed by atoms with Crippen molar-refractivity contribution in [2.75, 3.05) is 10.8 Å². The van der Waals surface area contributed by atoms with Gasteiger partial charge in [-0.2, -0.15) is 0 Å². The summed E-state index contributed by atoms with van der Waals surface area (Å²) in [5, 5.41) is 3.53. The van der Waals surface area contributed by atoms with Crippen molar-refractivity contribution in [3.8, 4) is 0 Å². The highest BCUT2D eigenvalue weighted by molar-refractivity contribution is 7.92. The Hall–Kier alpha value is -4.14. The average Bonchev–Trinajstić information content (AvgIpc) is 2.99. The Balaban J connectivity index is 1.85. The Labute approximate surface area is 278 Å². The highest BCUT2D eigenvalue weighted by Crippen LogP contribution is 2.30. The van der Waals surface area contributed by atoms with Crippen molar-refractivity contribution < 1.29 is 18.0 Å². The molecule has 0 bridgehead atoms. The van der Waals surface area contributed by atoms with Gasteiger partial charge in [0.1, 0.15) is 12.6 Å². The zero-order chi connectivity index (χ0) is 33.6. The monoisotopic (exact) mass is 659 g/mol. The van der Waals surface area contributed by atoms with Crippen LogP contribution in [0.25, 0.3) is 0 Å². The molecular weight excluding hydrogens is 618 g/mol. The fourth-order valence-electron chi connectivity index (χ4n) is 5.20. The topological polar surface area (TPSA) is 86.8 Å². The lowest BCUT2D eigenvalue weighted by atomic mass is 10.0. The van der Waals surface area contributed by atoms with Crippen molar-refractivity contribution in [1.29, 1.82) is 0 Å². The van der Waals surface area contributed by atoms with E-state index in [1.165, 1.54) is 4.90 Å². The highest BCUT2D eigenvalue weighted by Gasteiger charge is 2.36. The maximum atomic E-state index is 14.7. The van der Waals surface area contributed by atoms with E-state index >= 15 is 0 Å². The van der Waals surface area contributed by atoms with Crippen LogP contribution in [0.5, 0.6) is 0 Å². The Kier molecular flexibility index (Phi) is 11.0. The van der Waals surface area contributed by atoms with Gasteiger partial charge in [0.05, 0.1) is 10.6 Å². The van der Waals surface area contributed by atoms with Crippen LogP contribution < -0.4 is 9.62 Å². The van der Waals surface area contributed by atoms with Crippen LogP contribution in [0, 0.1) is 20.8 Å². The molecule has 7 nitrogen and oxygen atoms in total. The molecule has 0 saturated carbocycles. The van der Waals surface area contributed by atoms with Crippen LogP contribution in [0.3, 0.4) is 0 Å². The number of hydrogen-bond donors (Lipinski definition) is 1. The van der Waals surface area contributed by atoms with E-state index in [-0.39, 0.29) is 23.8 Å². The third-order valence-electron chi connectivity index (χ3n) is 7.74. The fourth-order valence-corrected chi connectivity index (χ4v) is 6.88. The number of rotatable bonds is 11. The number of amides is 2. The maximum Gasteiger partial charge on any atom is 0.264 e. The summed E-state index contributed by atoms with van der Waals surface area (Å²) < 4.78 is 29.8. The van der Waals surface area contributed by atoms with E-state index in [1.54, 1.807) is 54.6 Å². The largest absolute Gasteiger partial charge is 0.350 e. The molecule has 0 radical (unpaired) electrons. The van der Waals surface area contributed by atoms with Crippen LogP contribution in [-0.2, 0) is 32.6 Å². The number of aryl methyl sites for hydroxylation is 2. The van der Waals surface area contributed by atoms with E-state index in [9.17, 15) is 18.0 Å². The van der Waals surface area contributed by atoms with Crippen molar-refractivity contribution in [1.82, 2.24) is 10.2 Å². The fraction of sp³-hybridized carbons (Fsp3) is 0.297. The van der Waals surface area contributed by atoms with E-state index in [2.05, 4.69) is 5.32 Å². The molecule has 0 fully saturated rings. The third-order valence-corrected chi connectivity index (χ3v) is 9.75. The molecule has 0 unspecified atom stereocenters. The predicted octanol–water partition coefficient (Wildman–Crippen LogP) is 7.02. The molecular formula is C37H42ClN3O4S. The van der Waals surface area contributed by atoms with Gasteiger partial charge in [0.15, 0.2) is 0 Å². The standard InChI is InChI=1S/C37H42ClN3O4S/c1-26-18-20-32(21-19-26)46(44,45)41(33-17-10-12-27(2)28(33)3)25-35(42)40(24-30-15-11-16-31(38)22-30)34(36(43)39-37(4,5)6)23-29-13-8-7-9-14-29/h7-22,34H,23-25H2,1-6H3,(H,39,43)/t34-/m1/s1. The van der Waals surface area contributed by atoms with Gasteiger partial charge >= 0.3 is 0 Å². The van der Waals surface area contributed by atoms with Crippen LogP contribution in [0.1, 0.15) is 48.6 Å². The minimum absolute atomic E-state index is 0.0413. The number of hydrogen-bond acceptors (Lipinski definition) is 4. The molecule has 2 amide bonds. The van der Waals surface area contributed by atoms with Crippen molar-refractivity contribution in [3.63, 3.8) is 0 Å². The van der Waals surface area contributed by atoms with Crippen molar-refractivity contribution in [2.24, 2.45) is 0 Å². The van der Waals surface area contributed by atoms with Crippen LogP contribution >= 0.6 is 11.6 Å². The smallest absolute Gasteiger partial charge is 0.264 e.